The second-order valence-electron chi connectivity index (χ2n) is 4.87. The topological polar surface area (TPSA) is 41.1 Å². The molecule has 1 aromatic carbocycles. The monoisotopic (exact) mass is 264 g/mol. The molecule has 0 unspecified atom stereocenters. The molecule has 1 fully saturated rings. The zero-order valence-corrected chi connectivity index (χ0v) is 11.8. The van der Waals surface area contributed by atoms with Crippen molar-refractivity contribution in [3.8, 4) is 0 Å². The molecule has 18 heavy (non-hydrogen) atoms. The molecule has 2 rings (SSSR count). The number of amides is 1. The Bertz CT molecular complexity index is 412. The zero-order valence-electron chi connectivity index (χ0n) is 11.0. The number of anilines is 1. The van der Waals surface area contributed by atoms with Crippen LogP contribution < -0.4 is 10.6 Å². The van der Waals surface area contributed by atoms with Crippen LogP contribution in [0.1, 0.15) is 26.2 Å². The van der Waals surface area contributed by atoms with Crippen LogP contribution in [0.3, 0.4) is 0 Å². The maximum atomic E-state index is 10.9. The Kier molecular flexibility index (Phi) is 4.30. The largest absolute Gasteiger partial charge is 0.326 e. The Balaban J connectivity index is 1.99. The Morgan fingerprint density at radius 1 is 1.33 bits per heavy atom. The summed E-state index contributed by atoms with van der Waals surface area (Å²) in [5.74, 6) is -0.0268. The molecular formula is C14H20N2OS. The van der Waals surface area contributed by atoms with Gasteiger partial charge in [0.25, 0.3) is 0 Å². The molecule has 1 aliphatic carbocycles. The van der Waals surface area contributed by atoms with E-state index in [4.69, 9.17) is 0 Å². The molecule has 0 bridgehead atoms. The van der Waals surface area contributed by atoms with E-state index in [9.17, 15) is 4.79 Å². The van der Waals surface area contributed by atoms with E-state index in [-0.39, 0.29) is 5.91 Å². The highest BCUT2D eigenvalue weighted by Crippen LogP contribution is 2.47. The van der Waals surface area contributed by atoms with Gasteiger partial charge in [-0.05, 0) is 44.2 Å². The van der Waals surface area contributed by atoms with Crippen LogP contribution in [0, 0.1) is 0 Å². The van der Waals surface area contributed by atoms with Crippen molar-refractivity contribution in [3.63, 3.8) is 0 Å². The van der Waals surface area contributed by atoms with Crippen LogP contribution in [-0.2, 0) is 4.79 Å². The summed E-state index contributed by atoms with van der Waals surface area (Å²) in [5, 5.41) is 6.08. The van der Waals surface area contributed by atoms with Crippen molar-refractivity contribution in [1.29, 1.82) is 0 Å². The number of nitrogens with one attached hydrogen (secondary N) is 2. The summed E-state index contributed by atoms with van der Waals surface area (Å²) < 4.78 is 0.379. The molecule has 0 heterocycles. The van der Waals surface area contributed by atoms with Gasteiger partial charge in [0.1, 0.15) is 0 Å². The fourth-order valence-corrected chi connectivity index (χ4v) is 3.75. The molecule has 1 aromatic rings. The summed E-state index contributed by atoms with van der Waals surface area (Å²) in [6.07, 6.45) is 3.90. The minimum Gasteiger partial charge on any atom is -0.326 e. The number of benzene rings is 1. The number of thioether (sulfide) groups is 1. The Morgan fingerprint density at radius 3 is 2.44 bits per heavy atom. The maximum Gasteiger partial charge on any atom is 0.221 e. The van der Waals surface area contributed by atoms with E-state index in [0.717, 1.165) is 12.2 Å². The van der Waals surface area contributed by atoms with Crippen molar-refractivity contribution in [2.75, 3.05) is 18.9 Å². The van der Waals surface area contributed by atoms with Gasteiger partial charge in [0.05, 0.1) is 0 Å². The van der Waals surface area contributed by atoms with Gasteiger partial charge in [-0.2, -0.15) is 0 Å². The normalized spacial score (nSPS) is 17.0. The summed E-state index contributed by atoms with van der Waals surface area (Å²) in [5.41, 5.74) is 0.864. The lowest BCUT2D eigenvalue weighted by atomic mass is 9.84. The van der Waals surface area contributed by atoms with E-state index < -0.39 is 0 Å². The summed E-state index contributed by atoms with van der Waals surface area (Å²) in [6.45, 7) is 2.59. The third-order valence-electron chi connectivity index (χ3n) is 3.27. The summed E-state index contributed by atoms with van der Waals surface area (Å²) >= 11 is 1.95. The second kappa shape index (κ2) is 5.76. The Morgan fingerprint density at radius 2 is 2.00 bits per heavy atom. The van der Waals surface area contributed by atoms with Crippen molar-refractivity contribution >= 4 is 23.4 Å². The highest BCUT2D eigenvalue weighted by Gasteiger charge is 2.37. The first-order valence-corrected chi connectivity index (χ1v) is 7.16. The zero-order chi connectivity index (χ0) is 13.0. The lowest BCUT2D eigenvalue weighted by Crippen LogP contribution is -2.42. The molecule has 98 valence electrons. The first-order valence-electron chi connectivity index (χ1n) is 6.35. The van der Waals surface area contributed by atoms with Crippen LogP contribution in [0.15, 0.2) is 29.2 Å². The van der Waals surface area contributed by atoms with E-state index in [1.165, 1.54) is 31.1 Å². The molecule has 2 N–H and O–H groups in total. The average Bonchev–Trinajstić information content (AvgIpc) is 2.28. The summed E-state index contributed by atoms with van der Waals surface area (Å²) in [6, 6.07) is 8.11. The standard InChI is InChI=1S/C14H20N2OS/c1-11(17)16-12-4-6-13(7-5-12)18-14(10-15-2)8-3-9-14/h4-7,15H,3,8-10H2,1-2H3,(H,16,17). The number of rotatable bonds is 5. The second-order valence-corrected chi connectivity index (χ2v) is 6.42. The van der Waals surface area contributed by atoms with Gasteiger partial charge in [0.2, 0.25) is 5.91 Å². The van der Waals surface area contributed by atoms with Crippen molar-refractivity contribution in [1.82, 2.24) is 5.32 Å². The maximum absolute atomic E-state index is 10.9. The summed E-state index contributed by atoms with van der Waals surface area (Å²) in [7, 11) is 2.01. The molecule has 0 radical (unpaired) electrons. The van der Waals surface area contributed by atoms with Crippen molar-refractivity contribution in [2.24, 2.45) is 0 Å². The van der Waals surface area contributed by atoms with E-state index in [1.807, 2.05) is 30.9 Å². The lowest BCUT2D eigenvalue weighted by molar-refractivity contribution is -0.114. The van der Waals surface area contributed by atoms with Gasteiger partial charge in [-0.3, -0.25) is 4.79 Å². The quantitative estimate of drug-likeness (QED) is 0.859. The molecule has 1 saturated carbocycles. The van der Waals surface area contributed by atoms with Gasteiger partial charge >= 0.3 is 0 Å². The van der Waals surface area contributed by atoms with Gasteiger partial charge < -0.3 is 10.6 Å². The van der Waals surface area contributed by atoms with Crippen LogP contribution in [0.4, 0.5) is 5.69 Å². The van der Waals surface area contributed by atoms with Crippen LogP contribution in [-0.4, -0.2) is 24.2 Å². The van der Waals surface area contributed by atoms with E-state index in [0.29, 0.717) is 4.75 Å². The van der Waals surface area contributed by atoms with Gasteiger partial charge in [-0.1, -0.05) is 6.42 Å². The fraction of sp³-hybridized carbons (Fsp3) is 0.500. The Labute approximate surface area is 113 Å². The highest BCUT2D eigenvalue weighted by atomic mass is 32.2. The number of hydrogen-bond acceptors (Lipinski definition) is 3. The minimum absolute atomic E-state index is 0.0268. The number of carbonyl (C=O) groups is 1. The molecule has 0 atom stereocenters. The molecule has 0 aromatic heterocycles. The molecule has 0 spiro atoms. The number of hydrogen-bond donors (Lipinski definition) is 2. The molecule has 1 aliphatic rings. The van der Waals surface area contributed by atoms with Crippen molar-refractivity contribution in [2.45, 2.75) is 35.8 Å². The minimum atomic E-state index is -0.0268. The first-order chi connectivity index (χ1) is 8.63. The van der Waals surface area contributed by atoms with Crippen LogP contribution in [0.25, 0.3) is 0 Å². The fourth-order valence-electron chi connectivity index (χ4n) is 2.27. The van der Waals surface area contributed by atoms with Gasteiger partial charge in [-0.15, -0.1) is 11.8 Å². The molecule has 4 heteroatoms. The first kappa shape index (κ1) is 13.4. The third-order valence-corrected chi connectivity index (χ3v) is 4.77. The van der Waals surface area contributed by atoms with Crippen molar-refractivity contribution < 1.29 is 4.79 Å². The number of carbonyl (C=O) groups excluding carboxylic acids is 1. The van der Waals surface area contributed by atoms with E-state index in [1.54, 1.807) is 0 Å². The summed E-state index contributed by atoms with van der Waals surface area (Å²) in [4.78, 5) is 12.2. The van der Waals surface area contributed by atoms with Gasteiger partial charge in [-0.25, -0.2) is 0 Å². The van der Waals surface area contributed by atoms with Gasteiger partial charge in [0.15, 0.2) is 0 Å². The average molecular weight is 264 g/mol. The van der Waals surface area contributed by atoms with Gasteiger partial charge in [0, 0.05) is 28.8 Å². The predicted octanol–water partition coefficient (Wildman–Crippen LogP) is 2.88. The van der Waals surface area contributed by atoms with Crippen LogP contribution >= 0.6 is 11.8 Å². The SMILES string of the molecule is CNCC1(Sc2ccc(NC(C)=O)cc2)CCC1. The molecular weight excluding hydrogens is 244 g/mol. The lowest BCUT2D eigenvalue weighted by Gasteiger charge is -2.41. The molecule has 1 amide bonds. The van der Waals surface area contributed by atoms with E-state index >= 15 is 0 Å². The third kappa shape index (κ3) is 3.27. The predicted molar refractivity (Wildman–Crippen MR) is 77.1 cm³/mol. The molecule has 0 aliphatic heterocycles. The smallest absolute Gasteiger partial charge is 0.221 e. The Hall–Kier alpha value is -1.00. The van der Waals surface area contributed by atoms with Crippen molar-refractivity contribution in [3.05, 3.63) is 24.3 Å². The molecule has 3 nitrogen and oxygen atoms in total. The highest BCUT2D eigenvalue weighted by molar-refractivity contribution is 8.00. The molecule has 0 saturated heterocycles. The van der Waals surface area contributed by atoms with Crippen LogP contribution in [0.5, 0.6) is 0 Å². The van der Waals surface area contributed by atoms with E-state index in [2.05, 4.69) is 22.8 Å². The van der Waals surface area contributed by atoms with Crippen LogP contribution in [0.2, 0.25) is 0 Å².